The second-order valence-electron chi connectivity index (χ2n) is 7.83. The number of nitrogens with zero attached hydrogens (tertiary/aromatic N) is 1. The number of allylic oxidation sites excluding steroid dienone is 2. The van der Waals surface area contributed by atoms with Crippen molar-refractivity contribution in [2.75, 3.05) is 0 Å². The van der Waals surface area contributed by atoms with Gasteiger partial charge in [0.25, 0.3) is 0 Å². The van der Waals surface area contributed by atoms with E-state index in [2.05, 4.69) is 4.99 Å². The number of rotatable bonds is 3. The van der Waals surface area contributed by atoms with Crippen molar-refractivity contribution in [3.05, 3.63) is 45.1 Å². The van der Waals surface area contributed by atoms with Gasteiger partial charge >= 0.3 is 5.97 Å². The molecule has 28 heavy (non-hydrogen) atoms. The zero-order chi connectivity index (χ0) is 19.8. The molecule has 0 radical (unpaired) electrons. The highest BCUT2D eigenvalue weighted by molar-refractivity contribution is 6.42. The molecular formula is C22H23Cl2NO3. The van der Waals surface area contributed by atoms with Gasteiger partial charge in [-0.05, 0) is 57.1 Å². The minimum absolute atomic E-state index is 0.0391. The third-order valence-electron chi connectivity index (χ3n) is 5.99. The van der Waals surface area contributed by atoms with Gasteiger partial charge in [-0.2, -0.15) is 0 Å². The van der Waals surface area contributed by atoms with E-state index in [0.29, 0.717) is 33.3 Å². The first-order valence-electron chi connectivity index (χ1n) is 9.93. The van der Waals surface area contributed by atoms with Crippen molar-refractivity contribution in [2.24, 2.45) is 10.9 Å². The lowest BCUT2D eigenvalue weighted by Gasteiger charge is -2.35. The van der Waals surface area contributed by atoms with E-state index in [1.54, 1.807) is 12.1 Å². The average Bonchev–Trinajstić information content (AvgIpc) is 3.16. The van der Waals surface area contributed by atoms with Crippen LogP contribution in [0, 0.1) is 5.92 Å². The number of benzene rings is 1. The second kappa shape index (κ2) is 8.00. The van der Waals surface area contributed by atoms with E-state index in [4.69, 9.17) is 27.9 Å². The summed E-state index contributed by atoms with van der Waals surface area (Å²) in [5, 5.41) is 0.792. The molecule has 0 amide bonds. The van der Waals surface area contributed by atoms with Crippen LogP contribution in [0.2, 0.25) is 10.0 Å². The van der Waals surface area contributed by atoms with E-state index < -0.39 is 11.8 Å². The maximum Gasteiger partial charge on any atom is 0.315 e. The maximum absolute atomic E-state index is 13.2. The molecule has 1 aromatic carbocycles. The highest BCUT2D eigenvalue weighted by atomic mass is 35.5. The van der Waals surface area contributed by atoms with Crippen LogP contribution in [0.25, 0.3) is 0 Å². The molecular weight excluding hydrogens is 397 g/mol. The smallest absolute Gasteiger partial charge is 0.315 e. The van der Waals surface area contributed by atoms with Gasteiger partial charge in [0.1, 0.15) is 12.0 Å². The zero-order valence-electron chi connectivity index (χ0n) is 15.8. The molecule has 1 unspecified atom stereocenters. The number of carbonyl (C=O) groups is 2. The molecule has 0 N–H and O–H groups in total. The van der Waals surface area contributed by atoms with Crippen molar-refractivity contribution in [3.63, 3.8) is 0 Å². The molecule has 2 atom stereocenters. The lowest BCUT2D eigenvalue weighted by molar-refractivity contribution is -0.151. The van der Waals surface area contributed by atoms with E-state index in [1.165, 1.54) is 0 Å². The van der Waals surface area contributed by atoms with Crippen LogP contribution < -0.4 is 0 Å². The molecule has 1 heterocycles. The molecule has 4 rings (SSSR count). The largest absolute Gasteiger partial charge is 0.462 e. The Bertz CT molecular complexity index is 884. The normalized spacial score (nSPS) is 25.5. The summed E-state index contributed by atoms with van der Waals surface area (Å²) in [5.74, 6) is -1.44. The summed E-state index contributed by atoms with van der Waals surface area (Å²) in [7, 11) is 0. The summed E-state index contributed by atoms with van der Waals surface area (Å²) in [6, 6.07) is 5.36. The van der Waals surface area contributed by atoms with Crippen LogP contribution in [0.1, 0.15) is 63.4 Å². The summed E-state index contributed by atoms with van der Waals surface area (Å²) in [6.45, 7) is 1.84. The third-order valence-corrected chi connectivity index (χ3v) is 6.82. The summed E-state index contributed by atoms with van der Waals surface area (Å²) >= 11 is 12.8. The Morgan fingerprint density at radius 1 is 1.14 bits per heavy atom. The summed E-state index contributed by atoms with van der Waals surface area (Å²) in [6.07, 6.45) is 5.87. The van der Waals surface area contributed by atoms with Crippen molar-refractivity contribution in [2.45, 2.75) is 63.9 Å². The fraction of sp³-hybridized carbons (Fsp3) is 0.500. The number of esters is 1. The first-order valence-corrected chi connectivity index (χ1v) is 10.7. The Balaban J connectivity index is 1.80. The monoisotopic (exact) mass is 419 g/mol. The second-order valence-corrected chi connectivity index (χ2v) is 8.62. The van der Waals surface area contributed by atoms with Crippen LogP contribution in [0.15, 0.2) is 34.5 Å². The summed E-state index contributed by atoms with van der Waals surface area (Å²) < 4.78 is 5.83. The fourth-order valence-electron chi connectivity index (χ4n) is 4.65. The SMILES string of the molecule is CC1=NC2=C(C(=O)CCC2)[C@@H](c2cccc(Cl)c2Cl)C1C(=O)OC1CCCC1. The van der Waals surface area contributed by atoms with Crippen molar-refractivity contribution in [1.29, 1.82) is 0 Å². The lowest BCUT2D eigenvalue weighted by Crippen LogP contribution is -2.38. The van der Waals surface area contributed by atoms with E-state index in [1.807, 2.05) is 13.0 Å². The molecule has 0 spiro atoms. The number of hydrogen-bond donors (Lipinski definition) is 0. The van der Waals surface area contributed by atoms with E-state index in [9.17, 15) is 9.59 Å². The van der Waals surface area contributed by atoms with Crippen LogP contribution in [-0.4, -0.2) is 23.6 Å². The zero-order valence-corrected chi connectivity index (χ0v) is 17.4. The van der Waals surface area contributed by atoms with E-state index in [-0.39, 0.29) is 17.9 Å². The number of halogens is 2. The first-order chi connectivity index (χ1) is 13.5. The van der Waals surface area contributed by atoms with Crippen molar-refractivity contribution in [1.82, 2.24) is 0 Å². The lowest BCUT2D eigenvalue weighted by atomic mass is 9.71. The molecule has 0 saturated heterocycles. The quantitative estimate of drug-likeness (QED) is 0.593. The third kappa shape index (κ3) is 3.53. The Morgan fingerprint density at radius 2 is 1.89 bits per heavy atom. The van der Waals surface area contributed by atoms with Crippen molar-refractivity contribution in [3.8, 4) is 0 Å². The molecule has 1 aromatic rings. The van der Waals surface area contributed by atoms with Crippen LogP contribution in [0.5, 0.6) is 0 Å². The van der Waals surface area contributed by atoms with Crippen molar-refractivity contribution >= 4 is 40.7 Å². The van der Waals surface area contributed by atoms with Gasteiger partial charge in [-0.15, -0.1) is 0 Å². The number of ketones is 1. The number of aliphatic imine (C=N–C) groups is 1. The van der Waals surface area contributed by atoms with Crippen LogP contribution in [-0.2, 0) is 14.3 Å². The van der Waals surface area contributed by atoms with Gasteiger partial charge in [0, 0.05) is 29.3 Å². The fourth-order valence-corrected chi connectivity index (χ4v) is 5.08. The highest BCUT2D eigenvalue weighted by Gasteiger charge is 2.44. The molecule has 1 aliphatic heterocycles. The average molecular weight is 420 g/mol. The minimum Gasteiger partial charge on any atom is -0.462 e. The summed E-state index contributed by atoms with van der Waals surface area (Å²) in [5.41, 5.74) is 2.76. The Labute approximate surface area is 175 Å². The molecule has 3 aliphatic rings. The predicted octanol–water partition coefficient (Wildman–Crippen LogP) is 5.66. The molecule has 1 fully saturated rings. The number of hydrogen-bond acceptors (Lipinski definition) is 4. The maximum atomic E-state index is 13.2. The van der Waals surface area contributed by atoms with Gasteiger partial charge in [-0.25, -0.2) is 0 Å². The number of ether oxygens (including phenoxy) is 1. The van der Waals surface area contributed by atoms with Gasteiger partial charge in [0.2, 0.25) is 0 Å². The van der Waals surface area contributed by atoms with Crippen LogP contribution in [0.4, 0.5) is 0 Å². The topological polar surface area (TPSA) is 55.7 Å². The Hall–Kier alpha value is -1.65. The Kier molecular flexibility index (Phi) is 5.62. The molecule has 148 valence electrons. The van der Waals surface area contributed by atoms with Crippen LogP contribution in [0.3, 0.4) is 0 Å². The molecule has 6 heteroatoms. The number of carbonyl (C=O) groups excluding carboxylic acids is 2. The van der Waals surface area contributed by atoms with Crippen LogP contribution >= 0.6 is 23.2 Å². The standard InChI is InChI=1S/C22H23Cl2NO3/c1-12-18(22(27)28-13-6-2-3-7-13)19(14-8-4-9-15(23)21(14)24)20-16(25-12)10-5-11-17(20)26/h4,8-9,13,18-19H,2-3,5-7,10-11H2,1H3/t18?,19-/m0/s1. The van der Waals surface area contributed by atoms with Gasteiger partial charge in [-0.3, -0.25) is 14.6 Å². The van der Waals surface area contributed by atoms with Gasteiger partial charge in [0.15, 0.2) is 5.78 Å². The van der Waals surface area contributed by atoms with E-state index in [0.717, 1.165) is 44.2 Å². The highest BCUT2D eigenvalue weighted by Crippen LogP contribution is 2.46. The number of Topliss-reactive ketones (excluding diaryl/α,β-unsaturated/α-hetero) is 1. The summed E-state index contributed by atoms with van der Waals surface area (Å²) in [4.78, 5) is 30.7. The molecule has 1 saturated carbocycles. The molecule has 0 bridgehead atoms. The van der Waals surface area contributed by atoms with Gasteiger partial charge in [-0.1, -0.05) is 35.3 Å². The van der Waals surface area contributed by atoms with E-state index >= 15 is 0 Å². The minimum atomic E-state index is -0.655. The molecule has 4 nitrogen and oxygen atoms in total. The molecule has 2 aliphatic carbocycles. The first kappa shape index (κ1) is 19.7. The van der Waals surface area contributed by atoms with Gasteiger partial charge in [0.05, 0.1) is 10.0 Å². The van der Waals surface area contributed by atoms with Gasteiger partial charge < -0.3 is 4.74 Å². The predicted molar refractivity (Wildman–Crippen MR) is 110 cm³/mol. The van der Waals surface area contributed by atoms with Crippen molar-refractivity contribution < 1.29 is 14.3 Å². The Morgan fingerprint density at radius 3 is 2.64 bits per heavy atom. The molecule has 0 aromatic heterocycles.